The van der Waals surface area contributed by atoms with Crippen LogP contribution in [0.5, 0.6) is 0 Å². The molecule has 12 heteroatoms. The van der Waals surface area contributed by atoms with E-state index < -0.39 is 26.6 Å². The summed E-state index contributed by atoms with van der Waals surface area (Å²) in [7, 11) is -2.16. The number of rotatable bonds is 9. The van der Waals surface area contributed by atoms with Crippen LogP contribution in [0.4, 0.5) is 20.2 Å². The van der Waals surface area contributed by atoms with E-state index in [0.29, 0.717) is 35.0 Å². The number of hydrogen-bond donors (Lipinski definition) is 2. The molecule has 5 rings (SSSR count). The molecule has 0 bridgehead atoms. The molecule has 0 radical (unpaired) electrons. The number of aromatic amines is 1. The van der Waals surface area contributed by atoms with Crippen LogP contribution in [0.2, 0.25) is 0 Å². The van der Waals surface area contributed by atoms with Crippen LogP contribution >= 0.6 is 0 Å². The summed E-state index contributed by atoms with van der Waals surface area (Å²) in [6.07, 6.45) is 2.75. The van der Waals surface area contributed by atoms with Crippen LogP contribution in [-0.2, 0) is 29.4 Å². The Morgan fingerprint density at radius 2 is 1.82 bits per heavy atom. The largest absolute Gasteiger partial charge is 0.398 e. The Bertz CT molecular complexity index is 1470. The average Bonchev–Trinajstić information content (AvgIpc) is 3.56. The van der Waals surface area contributed by atoms with Gasteiger partial charge in [-0.05, 0) is 56.3 Å². The van der Waals surface area contributed by atoms with Gasteiger partial charge in [-0.2, -0.15) is 9.40 Å². The van der Waals surface area contributed by atoms with Crippen molar-refractivity contribution in [1.29, 1.82) is 0 Å². The Morgan fingerprint density at radius 3 is 2.51 bits per heavy atom. The van der Waals surface area contributed by atoms with Crippen molar-refractivity contribution in [2.45, 2.75) is 37.1 Å². The molecule has 1 fully saturated rings. The molecule has 3 aromatic rings. The third-order valence-electron chi connectivity index (χ3n) is 7.51. The van der Waals surface area contributed by atoms with Gasteiger partial charge in [0.1, 0.15) is 11.6 Å². The van der Waals surface area contributed by atoms with E-state index in [1.807, 2.05) is 13.1 Å². The molecular weight excluding hydrogens is 526 g/mol. The summed E-state index contributed by atoms with van der Waals surface area (Å²) in [6.45, 7) is 4.14. The number of nitrogens with two attached hydrogens (primary N) is 1. The van der Waals surface area contributed by atoms with Gasteiger partial charge >= 0.3 is 0 Å². The maximum atomic E-state index is 13.7. The molecule has 39 heavy (non-hydrogen) atoms. The molecule has 0 atom stereocenters. The molecule has 208 valence electrons. The topological polar surface area (TPSA) is 116 Å². The number of likely N-dealkylation sites (N-methyl/N-ethyl adjacent to an activating group) is 1. The number of Topliss-reactive ketones (excluding diaryl/α,β-unsaturated/α-hetero) is 1. The smallest absolute Gasteiger partial charge is 0.243 e. The molecule has 1 aromatic heterocycles. The van der Waals surface area contributed by atoms with Gasteiger partial charge < -0.3 is 15.5 Å². The Morgan fingerprint density at radius 1 is 1.10 bits per heavy atom. The third kappa shape index (κ3) is 5.82. The Hall–Kier alpha value is -3.35. The minimum Gasteiger partial charge on any atom is -0.398 e. The summed E-state index contributed by atoms with van der Waals surface area (Å²) in [5, 5.41) is 7.18. The number of carbonyl (C=O) groups excluding carboxylic acids is 1. The minimum atomic E-state index is -4.16. The van der Waals surface area contributed by atoms with E-state index in [1.165, 1.54) is 12.8 Å². The molecule has 2 aliphatic rings. The van der Waals surface area contributed by atoms with Crippen LogP contribution in [0.25, 0.3) is 0 Å². The van der Waals surface area contributed by atoms with Crippen molar-refractivity contribution in [3.05, 3.63) is 70.5 Å². The van der Waals surface area contributed by atoms with Gasteiger partial charge in [-0.3, -0.25) is 9.89 Å². The first-order chi connectivity index (χ1) is 18.6. The Balaban J connectivity index is 1.28. The van der Waals surface area contributed by atoms with Gasteiger partial charge in [0, 0.05) is 73.9 Å². The zero-order valence-corrected chi connectivity index (χ0v) is 22.6. The maximum absolute atomic E-state index is 13.7. The summed E-state index contributed by atoms with van der Waals surface area (Å²) < 4.78 is 54.7. The van der Waals surface area contributed by atoms with E-state index in [4.69, 9.17) is 5.73 Å². The Labute approximate surface area is 226 Å². The molecule has 3 heterocycles. The SMILES string of the molecule is CN(CCN1CCCC1)c1ccc(C(=O)Cc2n[nH]c3c2CN(S(=O)(=O)c2cc(F)cc(F)c2)CC3)c(N)c1. The number of sulfonamides is 1. The molecule has 1 saturated heterocycles. The number of nitrogen functional groups attached to an aromatic ring is 1. The number of H-pyrrole nitrogens is 1. The lowest BCUT2D eigenvalue weighted by Gasteiger charge is -2.26. The predicted octanol–water partition coefficient (Wildman–Crippen LogP) is 2.97. The number of carbonyl (C=O) groups is 1. The van der Waals surface area contributed by atoms with E-state index in [2.05, 4.69) is 20.0 Å². The van der Waals surface area contributed by atoms with E-state index >= 15 is 0 Å². The first-order valence-corrected chi connectivity index (χ1v) is 14.4. The van der Waals surface area contributed by atoms with Gasteiger partial charge in [-0.1, -0.05) is 0 Å². The number of anilines is 2. The second-order valence-electron chi connectivity index (χ2n) is 10.2. The van der Waals surface area contributed by atoms with Crippen molar-refractivity contribution in [3.8, 4) is 0 Å². The van der Waals surface area contributed by atoms with Gasteiger partial charge in [0.25, 0.3) is 0 Å². The number of fused-ring (bicyclic) bond motifs is 1. The first-order valence-electron chi connectivity index (χ1n) is 13.0. The highest BCUT2D eigenvalue weighted by Gasteiger charge is 2.32. The average molecular weight is 559 g/mol. The second-order valence-corrected chi connectivity index (χ2v) is 12.1. The second kappa shape index (κ2) is 11.0. The van der Waals surface area contributed by atoms with E-state index in [0.717, 1.165) is 54.0 Å². The zero-order chi connectivity index (χ0) is 27.7. The minimum absolute atomic E-state index is 0.0643. The predicted molar refractivity (Wildman–Crippen MR) is 144 cm³/mol. The molecule has 3 N–H and O–H groups in total. The summed E-state index contributed by atoms with van der Waals surface area (Å²) in [6, 6.07) is 7.60. The van der Waals surface area contributed by atoms with Crippen molar-refractivity contribution < 1.29 is 22.0 Å². The molecule has 9 nitrogen and oxygen atoms in total. The first kappa shape index (κ1) is 27.2. The van der Waals surface area contributed by atoms with Gasteiger partial charge in [-0.15, -0.1) is 0 Å². The molecule has 0 unspecified atom stereocenters. The van der Waals surface area contributed by atoms with Gasteiger partial charge in [0.05, 0.1) is 17.0 Å². The quantitative estimate of drug-likeness (QED) is 0.307. The van der Waals surface area contributed by atoms with Crippen molar-refractivity contribution in [3.63, 3.8) is 0 Å². The van der Waals surface area contributed by atoms with Gasteiger partial charge in [0.2, 0.25) is 10.0 Å². The lowest BCUT2D eigenvalue weighted by atomic mass is 9.99. The van der Waals surface area contributed by atoms with Crippen LogP contribution in [0.1, 0.15) is 40.2 Å². The molecule has 0 spiro atoms. The number of nitrogens with zero attached hydrogens (tertiary/aromatic N) is 4. The van der Waals surface area contributed by atoms with Crippen molar-refractivity contribution >= 4 is 27.2 Å². The number of halogens is 2. The molecule has 2 aromatic carbocycles. The third-order valence-corrected chi connectivity index (χ3v) is 9.34. The lowest BCUT2D eigenvalue weighted by Crippen LogP contribution is -2.36. The number of nitrogens with one attached hydrogen (secondary N) is 1. The number of benzene rings is 2. The molecule has 2 aliphatic heterocycles. The lowest BCUT2D eigenvalue weighted by molar-refractivity contribution is 0.0992. The van der Waals surface area contributed by atoms with Crippen molar-refractivity contribution in [2.24, 2.45) is 0 Å². The number of hydrogen-bond acceptors (Lipinski definition) is 7. The number of aromatic nitrogens is 2. The van der Waals surface area contributed by atoms with Crippen LogP contribution in [0.3, 0.4) is 0 Å². The highest BCUT2D eigenvalue weighted by atomic mass is 32.2. The standard InChI is InChI=1S/C27H32F2N6O3S/c1-33(10-11-34-7-2-3-8-34)20-4-5-22(24(30)15-20)27(36)16-26-23-17-35(9-6-25(23)31-32-26)39(37,38)21-13-18(28)12-19(29)14-21/h4-5,12-15H,2-3,6-11,16-17,30H2,1H3,(H,31,32). The summed E-state index contributed by atoms with van der Waals surface area (Å²) in [5.41, 5.74) is 9.69. The molecule has 0 amide bonds. The molecule has 0 aliphatic carbocycles. The van der Waals surface area contributed by atoms with Crippen LogP contribution in [-0.4, -0.2) is 73.4 Å². The highest BCUT2D eigenvalue weighted by Crippen LogP contribution is 2.28. The fourth-order valence-electron chi connectivity index (χ4n) is 5.22. The Kier molecular flexibility index (Phi) is 7.70. The van der Waals surface area contributed by atoms with Crippen LogP contribution < -0.4 is 10.6 Å². The monoisotopic (exact) mass is 558 g/mol. The highest BCUT2D eigenvalue weighted by molar-refractivity contribution is 7.89. The van der Waals surface area contributed by atoms with Crippen molar-refractivity contribution in [2.75, 3.05) is 50.4 Å². The fraction of sp³-hybridized carbons (Fsp3) is 0.407. The summed E-state index contributed by atoms with van der Waals surface area (Å²) >= 11 is 0. The van der Waals surface area contributed by atoms with Gasteiger partial charge in [-0.25, -0.2) is 17.2 Å². The normalized spacial score (nSPS) is 16.4. The molecule has 0 saturated carbocycles. The zero-order valence-electron chi connectivity index (χ0n) is 21.8. The number of likely N-dealkylation sites (tertiary alicyclic amines) is 1. The van der Waals surface area contributed by atoms with E-state index in [-0.39, 0.29) is 25.3 Å². The van der Waals surface area contributed by atoms with Crippen LogP contribution in [0.15, 0.2) is 41.3 Å². The fourth-order valence-corrected chi connectivity index (χ4v) is 6.67. The van der Waals surface area contributed by atoms with E-state index in [9.17, 15) is 22.0 Å². The maximum Gasteiger partial charge on any atom is 0.243 e. The van der Waals surface area contributed by atoms with Crippen molar-refractivity contribution in [1.82, 2.24) is 19.4 Å². The summed E-state index contributed by atoms with van der Waals surface area (Å²) in [5.74, 6) is -2.18. The molecular formula is C27H32F2N6O3S. The summed E-state index contributed by atoms with van der Waals surface area (Å²) in [4.78, 5) is 17.3. The number of ketones is 1. The van der Waals surface area contributed by atoms with Crippen LogP contribution in [0, 0.1) is 11.6 Å². The van der Waals surface area contributed by atoms with E-state index in [1.54, 1.807) is 12.1 Å². The van der Waals surface area contributed by atoms with Gasteiger partial charge in [0.15, 0.2) is 5.78 Å².